The highest BCUT2D eigenvalue weighted by Gasteiger charge is 2.28. The van der Waals surface area contributed by atoms with Gasteiger partial charge in [0.05, 0.1) is 27.4 Å². The van der Waals surface area contributed by atoms with Crippen LogP contribution >= 0.6 is 11.3 Å². The van der Waals surface area contributed by atoms with Crippen molar-refractivity contribution in [2.45, 2.75) is 13.0 Å². The van der Waals surface area contributed by atoms with Crippen LogP contribution in [0.2, 0.25) is 0 Å². The van der Waals surface area contributed by atoms with Crippen LogP contribution in [0.15, 0.2) is 48.5 Å². The van der Waals surface area contributed by atoms with Gasteiger partial charge in [0.1, 0.15) is 16.8 Å². The van der Waals surface area contributed by atoms with Gasteiger partial charge in [0.25, 0.3) is 5.91 Å². The molecular weight excluding hydrogens is 400 g/mol. The van der Waals surface area contributed by atoms with Gasteiger partial charge in [0.15, 0.2) is 11.5 Å². The molecule has 30 heavy (non-hydrogen) atoms. The fourth-order valence-electron chi connectivity index (χ4n) is 3.54. The van der Waals surface area contributed by atoms with Crippen LogP contribution in [0.25, 0.3) is 10.6 Å². The number of benzene rings is 2. The molecule has 2 aromatic carbocycles. The predicted molar refractivity (Wildman–Crippen MR) is 116 cm³/mol. The Morgan fingerprint density at radius 3 is 2.63 bits per heavy atom. The molecule has 1 saturated heterocycles. The number of rotatable bonds is 5. The van der Waals surface area contributed by atoms with E-state index in [-0.39, 0.29) is 12.0 Å². The summed E-state index contributed by atoms with van der Waals surface area (Å²) in [6, 6.07) is 15.7. The normalized spacial score (nSPS) is 16.4. The lowest BCUT2D eigenvalue weighted by atomic mass is 10.1. The molecular formula is C23H24N2O4S. The third-order valence-corrected chi connectivity index (χ3v) is 6.17. The lowest BCUT2D eigenvalue weighted by molar-refractivity contribution is -0.0230. The highest BCUT2D eigenvalue weighted by molar-refractivity contribution is 7.15. The molecule has 1 aliphatic heterocycles. The Bertz CT molecular complexity index is 1030. The van der Waals surface area contributed by atoms with E-state index in [4.69, 9.17) is 14.2 Å². The number of aryl methyl sites for hydroxylation is 1. The fraction of sp³-hybridized carbons (Fsp3) is 0.304. The van der Waals surface area contributed by atoms with Crippen molar-refractivity contribution in [3.8, 4) is 22.1 Å². The molecule has 7 heteroatoms. The first-order valence-electron chi connectivity index (χ1n) is 9.76. The van der Waals surface area contributed by atoms with Crippen molar-refractivity contribution in [1.29, 1.82) is 0 Å². The van der Waals surface area contributed by atoms with Crippen molar-refractivity contribution in [2.75, 3.05) is 33.9 Å². The maximum absolute atomic E-state index is 13.2. The summed E-state index contributed by atoms with van der Waals surface area (Å²) in [6.45, 7) is 3.53. The van der Waals surface area contributed by atoms with Gasteiger partial charge in [0, 0.05) is 17.0 Å². The second-order valence-corrected chi connectivity index (χ2v) is 8.22. The number of amides is 1. The largest absolute Gasteiger partial charge is 0.493 e. The van der Waals surface area contributed by atoms with Crippen LogP contribution in [0.4, 0.5) is 0 Å². The summed E-state index contributed by atoms with van der Waals surface area (Å²) in [5.41, 5.74) is 2.47. The summed E-state index contributed by atoms with van der Waals surface area (Å²) in [6.07, 6.45) is -0.117. The van der Waals surface area contributed by atoms with Crippen LogP contribution < -0.4 is 9.47 Å². The monoisotopic (exact) mass is 424 g/mol. The SMILES string of the molecule is COc1ccc(-c2nc(C(=O)N3CCO[C@@H](c4ccccc4)C3)c(C)s2)cc1OC. The molecule has 0 radical (unpaired) electrons. The van der Waals surface area contributed by atoms with E-state index in [0.29, 0.717) is 36.9 Å². The first kappa shape index (κ1) is 20.4. The number of nitrogens with zero attached hydrogens (tertiary/aromatic N) is 2. The molecule has 1 aliphatic rings. The van der Waals surface area contributed by atoms with E-state index in [1.54, 1.807) is 14.2 Å². The van der Waals surface area contributed by atoms with Crippen molar-refractivity contribution in [3.63, 3.8) is 0 Å². The third-order valence-electron chi connectivity index (χ3n) is 5.15. The van der Waals surface area contributed by atoms with Gasteiger partial charge in [0.2, 0.25) is 0 Å². The van der Waals surface area contributed by atoms with Crippen LogP contribution in [-0.4, -0.2) is 49.7 Å². The van der Waals surface area contributed by atoms with Gasteiger partial charge in [-0.25, -0.2) is 4.98 Å². The van der Waals surface area contributed by atoms with E-state index < -0.39 is 0 Å². The van der Waals surface area contributed by atoms with Crippen molar-refractivity contribution >= 4 is 17.2 Å². The zero-order valence-electron chi connectivity index (χ0n) is 17.3. The Morgan fingerprint density at radius 1 is 1.13 bits per heavy atom. The van der Waals surface area contributed by atoms with E-state index in [1.165, 1.54) is 11.3 Å². The van der Waals surface area contributed by atoms with Crippen molar-refractivity contribution in [2.24, 2.45) is 0 Å². The van der Waals surface area contributed by atoms with Crippen LogP contribution in [0.3, 0.4) is 0 Å². The van der Waals surface area contributed by atoms with E-state index in [0.717, 1.165) is 21.0 Å². The molecule has 3 aromatic rings. The van der Waals surface area contributed by atoms with E-state index >= 15 is 0 Å². The minimum Gasteiger partial charge on any atom is -0.493 e. The van der Waals surface area contributed by atoms with Gasteiger partial charge in [-0.1, -0.05) is 30.3 Å². The van der Waals surface area contributed by atoms with Gasteiger partial charge in [-0.2, -0.15) is 0 Å². The first-order valence-corrected chi connectivity index (χ1v) is 10.6. The van der Waals surface area contributed by atoms with E-state index in [1.807, 2.05) is 60.4 Å². The highest BCUT2D eigenvalue weighted by atomic mass is 32.1. The number of ether oxygens (including phenoxy) is 3. The molecule has 4 rings (SSSR count). The quantitative estimate of drug-likeness (QED) is 0.609. The maximum Gasteiger partial charge on any atom is 0.273 e. The number of methoxy groups -OCH3 is 2. The van der Waals surface area contributed by atoms with E-state index in [9.17, 15) is 4.79 Å². The van der Waals surface area contributed by atoms with Gasteiger partial charge in [-0.15, -0.1) is 11.3 Å². The minimum absolute atomic E-state index is 0.0558. The maximum atomic E-state index is 13.2. The van der Waals surface area contributed by atoms with Crippen LogP contribution in [0, 0.1) is 6.92 Å². The van der Waals surface area contributed by atoms with Gasteiger partial charge < -0.3 is 19.1 Å². The standard InChI is InChI=1S/C23H24N2O4S/c1-15-21(24-22(30-15)17-9-10-18(27-2)19(13-17)28-3)23(26)25-11-12-29-20(14-25)16-7-5-4-6-8-16/h4-10,13,20H,11-12,14H2,1-3H3/t20-/m1/s1. The second-order valence-electron chi connectivity index (χ2n) is 7.01. The lowest BCUT2D eigenvalue weighted by Crippen LogP contribution is -2.42. The lowest BCUT2D eigenvalue weighted by Gasteiger charge is -2.33. The molecule has 2 heterocycles. The fourth-order valence-corrected chi connectivity index (χ4v) is 4.44. The summed E-state index contributed by atoms with van der Waals surface area (Å²) in [5, 5.41) is 0.782. The summed E-state index contributed by atoms with van der Waals surface area (Å²) in [7, 11) is 3.21. The van der Waals surface area contributed by atoms with Crippen molar-refractivity contribution < 1.29 is 19.0 Å². The molecule has 0 N–H and O–H groups in total. The number of aromatic nitrogens is 1. The molecule has 0 aliphatic carbocycles. The molecule has 0 unspecified atom stereocenters. The molecule has 0 spiro atoms. The first-order chi connectivity index (χ1) is 14.6. The molecule has 1 amide bonds. The molecule has 0 saturated carbocycles. The number of hydrogen-bond acceptors (Lipinski definition) is 6. The van der Waals surface area contributed by atoms with Gasteiger partial charge >= 0.3 is 0 Å². The number of carbonyl (C=O) groups is 1. The molecule has 0 bridgehead atoms. The van der Waals surface area contributed by atoms with E-state index in [2.05, 4.69) is 4.98 Å². The van der Waals surface area contributed by atoms with Gasteiger partial charge in [-0.05, 0) is 30.7 Å². The molecule has 1 atom stereocenters. The molecule has 1 aromatic heterocycles. The highest BCUT2D eigenvalue weighted by Crippen LogP contribution is 2.35. The summed E-state index contributed by atoms with van der Waals surface area (Å²) in [4.78, 5) is 20.6. The molecule has 1 fully saturated rings. The summed E-state index contributed by atoms with van der Waals surface area (Å²) < 4.78 is 16.6. The number of hydrogen-bond donors (Lipinski definition) is 0. The van der Waals surface area contributed by atoms with Crippen molar-refractivity contribution in [3.05, 3.63) is 64.7 Å². The molecule has 156 valence electrons. The average Bonchev–Trinajstić information content (AvgIpc) is 3.20. The predicted octanol–water partition coefficient (Wildman–Crippen LogP) is 4.35. The van der Waals surface area contributed by atoms with Crippen LogP contribution in [-0.2, 0) is 4.74 Å². The van der Waals surface area contributed by atoms with Gasteiger partial charge in [-0.3, -0.25) is 4.79 Å². The minimum atomic E-state index is -0.117. The average molecular weight is 425 g/mol. The zero-order chi connectivity index (χ0) is 21.1. The second kappa shape index (κ2) is 8.85. The Balaban J connectivity index is 1.56. The summed E-state index contributed by atoms with van der Waals surface area (Å²) in [5.74, 6) is 1.24. The third kappa shape index (κ3) is 4.04. The number of thiazole rings is 1. The number of morpholine rings is 1. The topological polar surface area (TPSA) is 60.9 Å². The number of carbonyl (C=O) groups excluding carboxylic acids is 1. The van der Waals surface area contributed by atoms with Crippen molar-refractivity contribution in [1.82, 2.24) is 9.88 Å². The Morgan fingerprint density at radius 2 is 1.90 bits per heavy atom. The zero-order valence-corrected chi connectivity index (χ0v) is 18.1. The summed E-state index contributed by atoms with van der Waals surface area (Å²) >= 11 is 1.50. The smallest absolute Gasteiger partial charge is 0.273 e. The molecule has 6 nitrogen and oxygen atoms in total. The Hall–Kier alpha value is -2.90. The van der Waals surface area contributed by atoms with Crippen LogP contribution in [0.1, 0.15) is 27.0 Å². The van der Waals surface area contributed by atoms with Crippen LogP contribution in [0.5, 0.6) is 11.5 Å². The Kier molecular flexibility index (Phi) is 6.01. The Labute approximate surface area is 180 Å².